The Labute approximate surface area is 127 Å². The molecule has 2 aliphatic rings. The second-order valence-corrected chi connectivity index (χ2v) is 5.61. The molecule has 0 fully saturated rings. The molecule has 0 radical (unpaired) electrons. The van der Waals surface area contributed by atoms with Crippen molar-refractivity contribution < 1.29 is 0 Å². The largest absolute Gasteiger partial charge is 0.291 e. The summed E-state index contributed by atoms with van der Waals surface area (Å²) in [6.07, 6.45) is 2.11. The van der Waals surface area contributed by atoms with E-state index in [1.54, 1.807) is 11.8 Å². The van der Waals surface area contributed by atoms with Crippen molar-refractivity contribution in [2.75, 3.05) is 0 Å². The zero-order valence-electron chi connectivity index (χ0n) is 11.2. The maximum Gasteiger partial charge on any atom is 0.196 e. The summed E-state index contributed by atoms with van der Waals surface area (Å²) >= 11 is 1.63. The van der Waals surface area contributed by atoms with E-state index in [4.69, 9.17) is 0 Å². The lowest BCUT2D eigenvalue weighted by Gasteiger charge is -2.24. The summed E-state index contributed by atoms with van der Waals surface area (Å²) in [6, 6.07) is 20.6. The van der Waals surface area contributed by atoms with E-state index in [0.717, 1.165) is 22.1 Å². The zero-order valence-corrected chi connectivity index (χ0v) is 12.0. The van der Waals surface area contributed by atoms with Crippen molar-refractivity contribution in [2.24, 2.45) is 5.10 Å². The maximum atomic E-state index is 4.46. The number of hydrogen-bond donors (Lipinski definition) is 1. The molecule has 0 saturated heterocycles. The van der Waals surface area contributed by atoms with Crippen LogP contribution in [0.4, 0.5) is 0 Å². The van der Waals surface area contributed by atoms with E-state index >= 15 is 0 Å². The quantitative estimate of drug-likeness (QED) is 0.909. The number of amidine groups is 1. The third-order valence-electron chi connectivity index (χ3n) is 3.43. The van der Waals surface area contributed by atoms with E-state index in [1.165, 1.54) is 5.56 Å². The molecule has 0 aromatic heterocycles. The molecule has 0 spiro atoms. The van der Waals surface area contributed by atoms with Crippen LogP contribution < -0.4 is 5.43 Å². The summed E-state index contributed by atoms with van der Waals surface area (Å²) in [5.41, 5.74) is 7.62. The Bertz CT molecular complexity index is 748. The molecule has 4 rings (SSSR count). The summed E-state index contributed by atoms with van der Waals surface area (Å²) in [5.74, 6) is 0. The van der Waals surface area contributed by atoms with Gasteiger partial charge in [-0.1, -0.05) is 72.4 Å². The molecular weight excluding hydrogens is 278 g/mol. The van der Waals surface area contributed by atoms with Crippen LogP contribution in [0.5, 0.6) is 0 Å². The van der Waals surface area contributed by atoms with Gasteiger partial charge in [0.15, 0.2) is 5.17 Å². The molecule has 0 bridgehead atoms. The first-order valence-corrected chi connectivity index (χ1v) is 7.62. The molecule has 4 heteroatoms. The molecule has 2 aliphatic heterocycles. The Balaban J connectivity index is 1.71. The average Bonchev–Trinajstić information content (AvgIpc) is 2.99. The highest BCUT2D eigenvalue weighted by atomic mass is 32.2. The van der Waals surface area contributed by atoms with E-state index < -0.39 is 0 Å². The number of hydrazone groups is 1. The van der Waals surface area contributed by atoms with Crippen molar-refractivity contribution in [3.8, 4) is 0 Å². The molecule has 0 saturated carbocycles. The van der Waals surface area contributed by atoms with Crippen molar-refractivity contribution in [3.05, 3.63) is 83.4 Å². The van der Waals surface area contributed by atoms with Crippen LogP contribution in [0, 0.1) is 0 Å². The Hall–Kier alpha value is -2.46. The van der Waals surface area contributed by atoms with E-state index in [1.807, 2.05) is 24.3 Å². The highest BCUT2D eigenvalue weighted by molar-refractivity contribution is 8.16. The lowest BCUT2D eigenvalue weighted by atomic mass is 10.1. The SMILES string of the molecule is C1=C(c2ccccc2)NN=C2SC=C(c3ccccc3)N12. The smallest absolute Gasteiger partial charge is 0.196 e. The first-order valence-electron chi connectivity index (χ1n) is 6.74. The second kappa shape index (κ2) is 5.14. The molecule has 1 N–H and O–H groups in total. The van der Waals surface area contributed by atoms with Crippen LogP contribution >= 0.6 is 11.8 Å². The third-order valence-corrected chi connectivity index (χ3v) is 4.27. The number of thioether (sulfide) groups is 1. The lowest BCUT2D eigenvalue weighted by Crippen LogP contribution is -2.26. The minimum Gasteiger partial charge on any atom is -0.291 e. The highest BCUT2D eigenvalue weighted by Crippen LogP contribution is 2.36. The summed E-state index contributed by atoms with van der Waals surface area (Å²) in [4.78, 5) is 2.14. The van der Waals surface area contributed by atoms with Crippen LogP contribution in [-0.2, 0) is 0 Å². The monoisotopic (exact) mass is 291 g/mol. The minimum atomic E-state index is 0.952. The van der Waals surface area contributed by atoms with Gasteiger partial charge in [-0.25, -0.2) is 0 Å². The molecule has 0 amide bonds. The molecular formula is C17H13N3S. The first kappa shape index (κ1) is 12.3. The van der Waals surface area contributed by atoms with Crippen LogP contribution in [0.1, 0.15) is 11.1 Å². The molecule has 2 aromatic rings. The molecule has 0 aliphatic carbocycles. The van der Waals surface area contributed by atoms with Crippen molar-refractivity contribution in [3.63, 3.8) is 0 Å². The van der Waals surface area contributed by atoms with Gasteiger partial charge in [0.05, 0.1) is 11.4 Å². The van der Waals surface area contributed by atoms with Crippen molar-refractivity contribution in [1.29, 1.82) is 0 Å². The van der Waals surface area contributed by atoms with Gasteiger partial charge in [-0.2, -0.15) is 0 Å². The Morgan fingerprint density at radius 2 is 1.52 bits per heavy atom. The number of rotatable bonds is 2. The third kappa shape index (κ3) is 2.23. The van der Waals surface area contributed by atoms with Gasteiger partial charge in [0.2, 0.25) is 0 Å². The Morgan fingerprint density at radius 1 is 0.857 bits per heavy atom. The minimum absolute atomic E-state index is 0.952. The normalized spacial score (nSPS) is 16.6. The topological polar surface area (TPSA) is 27.6 Å². The molecule has 0 atom stereocenters. The maximum absolute atomic E-state index is 4.46. The molecule has 2 aromatic carbocycles. The van der Waals surface area contributed by atoms with Gasteiger partial charge in [-0.05, 0) is 5.56 Å². The van der Waals surface area contributed by atoms with E-state index in [9.17, 15) is 0 Å². The number of hydrogen-bond acceptors (Lipinski definition) is 4. The van der Waals surface area contributed by atoms with Gasteiger partial charge < -0.3 is 0 Å². The molecule has 0 unspecified atom stereocenters. The Morgan fingerprint density at radius 3 is 2.24 bits per heavy atom. The average molecular weight is 291 g/mol. The second-order valence-electron chi connectivity index (χ2n) is 4.77. The van der Waals surface area contributed by atoms with E-state index in [2.05, 4.69) is 63.4 Å². The fourth-order valence-electron chi connectivity index (χ4n) is 2.37. The highest BCUT2D eigenvalue weighted by Gasteiger charge is 2.26. The van der Waals surface area contributed by atoms with E-state index in [-0.39, 0.29) is 0 Å². The van der Waals surface area contributed by atoms with Gasteiger partial charge in [0.1, 0.15) is 0 Å². The van der Waals surface area contributed by atoms with Crippen LogP contribution in [0.25, 0.3) is 11.4 Å². The van der Waals surface area contributed by atoms with Crippen molar-refractivity contribution in [2.45, 2.75) is 0 Å². The predicted octanol–water partition coefficient (Wildman–Crippen LogP) is 3.91. The van der Waals surface area contributed by atoms with Gasteiger partial charge in [-0.3, -0.25) is 10.3 Å². The summed E-state index contributed by atoms with van der Waals surface area (Å²) in [5, 5.41) is 7.55. The molecule has 3 nitrogen and oxygen atoms in total. The molecule has 102 valence electrons. The standard InChI is InChI=1S/C17H13N3S/c1-3-7-13(8-4-1)15-11-20-16(12-21-17(20)19-18-15)14-9-5-2-6-10-14/h1-12,18H. The van der Waals surface area contributed by atoms with Gasteiger partial charge in [0, 0.05) is 17.2 Å². The van der Waals surface area contributed by atoms with Crippen molar-refractivity contribution in [1.82, 2.24) is 10.3 Å². The number of nitrogens with zero attached hydrogens (tertiary/aromatic N) is 2. The number of fused-ring (bicyclic) bond motifs is 1. The zero-order chi connectivity index (χ0) is 14.1. The van der Waals surface area contributed by atoms with Gasteiger partial charge in [-0.15, -0.1) is 5.10 Å². The van der Waals surface area contributed by atoms with Crippen LogP contribution in [0.3, 0.4) is 0 Å². The summed E-state index contributed by atoms with van der Waals surface area (Å²) < 4.78 is 0. The summed E-state index contributed by atoms with van der Waals surface area (Å²) in [7, 11) is 0. The van der Waals surface area contributed by atoms with Gasteiger partial charge >= 0.3 is 0 Å². The predicted molar refractivity (Wildman–Crippen MR) is 88.8 cm³/mol. The van der Waals surface area contributed by atoms with Crippen LogP contribution in [-0.4, -0.2) is 10.1 Å². The number of benzene rings is 2. The fourth-order valence-corrected chi connectivity index (χ4v) is 3.20. The van der Waals surface area contributed by atoms with Crippen LogP contribution in [0.2, 0.25) is 0 Å². The van der Waals surface area contributed by atoms with Crippen LogP contribution in [0.15, 0.2) is 77.4 Å². The Kier molecular flexibility index (Phi) is 3.01. The van der Waals surface area contributed by atoms with E-state index in [0.29, 0.717) is 0 Å². The van der Waals surface area contributed by atoms with Gasteiger partial charge in [0.25, 0.3) is 0 Å². The molecule has 21 heavy (non-hydrogen) atoms. The fraction of sp³-hybridized carbons (Fsp3) is 0. The van der Waals surface area contributed by atoms with Crippen molar-refractivity contribution >= 4 is 28.3 Å². The summed E-state index contributed by atoms with van der Waals surface area (Å²) in [6.45, 7) is 0. The number of nitrogens with one attached hydrogen (secondary N) is 1. The lowest BCUT2D eigenvalue weighted by molar-refractivity contribution is 0.759. The first-order chi connectivity index (χ1) is 10.4. The molecule has 2 heterocycles.